The van der Waals surface area contributed by atoms with Crippen molar-refractivity contribution in [2.75, 3.05) is 0 Å². The van der Waals surface area contributed by atoms with E-state index >= 15 is 0 Å². The average molecular weight is 260 g/mol. The van der Waals surface area contributed by atoms with Crippen LogP contribution in [-0.2, 0) is 6.42 Å². The fraction of sp³-hybridized carbons (Fsp3) is 0.200. The average Bonchev–Trinajstić information content (AvgIpc) is 2.35. The number of ketones is 1. The van der Waals surface area contributed by atoms with Crippen molar-refractivity contribution in [3.05, 3.63) is 63.9 Å². The standard InChI is InChI=1S/C15H14ClNO/c1-10-6-4-8-17-13(10)9-14(18)12-7-3-5-11(2)15(12)16/h3-8H,9H2,1-2H3. The molecule has 0 fully saturated rings. The normalized spacial score (nSPS) is 10.4. The van der Waals surface area contributed by atoms with Crippen molar-refractivity contribution in [3.8, 4) is 0 Å². The van der Waals surface area contributed by atoms with Gasteiger partial charge in [-0.2, -0.15) is 0 Å². The molecule has 1 heterocycles. The third-order valence-corrected chi connectivity index (χ3v) is 3.44. The van der Waals surface area contributed by atoms with E-state index in [1.807, 2.05) is 38.1 Å². The van der Waals surface area contributed by atoms with Gasteiger partial charge >= 0.3 is 0 Å². The highest BCUT2D eigenvalue weighted by atomic mass is 35.5. The molecule has 0 N–H and O–H groups in total. The summed E-state index contributed by atoms with van der Waals surface area (Å²) in [6.45, 7) is 3.85. The Labute approximate surface area is 112 Å². The van der Waals surface area contributed by atoms with Crippen LogP contribution in [-0.4, -0.2) is 10.8 Å². The highest BCUT2D eigenvalue weighted by Crippen LogP contribution is 2.22. The molecule has 1 aromatic carbocycles. The summed E-state index contributed by atoms with van der Waals surface area (Å²) in [4.78, 5) is 16.4. The van der Waals surface area contributed by atoms with Crippen molar-refractivity contribution < 1.29 is 4.79 Å². The van der Waals surface area contributed by atoms with Gasteiger partial charge in [0, 0.05) is 11.8 Å². The highest BCUT2D eigenvalue weighted by Gasteiger charge is 2.13. The summed E-state index contributed by atoms with van der Waals surface area (Å²) in [5.74, 6) is 0.00509. The molecule has 0 saturated heterocycles. The van der Waals surface area contributed by atoms with Crippen LogP contribution in [0.15, 0.2) is 36.5 Å². The molecule has 2 rings (SSSR count). The van der Waals surface area contributed by atoms with Crippen LogP contribution in [0.1, 0.15) is 27.2 Å². The van der Waals surface area contributed by atoms with Gasteiger partial charge in [-0.05, 0) is 37.1 Å². The van der Waals surface area contributed by atoms with Gasteiger partial charge in [-0.15, -0.1) is 0 Å². The molecule has 0 aliphatic rings. The SMILES string of the molecule is Cc1cccnc1CC(=O)c1cccc(C)c1Cl. The Hall–Kier alpha value is -1.67. The Bertz CT molecular complexity index is 593. The van der Waals surface area contributed by atoms with Crippen LogP contribution in [0.4, 0.5) is 0 Å². The maximum atomic E-state index is 12.2. The molecule has 0 aliphatic carbocycles. The van der Waals surface area contributed by atoms with Gasteiger partial charge in [0.25, 0.3) is 0 Å². The second-order valence-corrected chi connectivity index (χ2v) is 4.68. The van der Waals surface area contributed by atoms with Crippen LogP contribution in [0.5, 0.6) is 0 Å². The molecule has 0 spiro atoms. The maximum Gasteiger partial charge on any atom is 0.170 e. The predicted octanol–water partition coefficient (Wildman–Crippen LogP) is 3.78. The number of carbonyl (C=O) groups excluding carboxylic acids is 1. The van der Waals surface area contributed by atoms with Crippen molar-refractivity contribution in [1.82, 2.24) is 4.98 Å². The summed E-state index contributed by atoms with van der Waals surface area (Å²) in [6.07, 6.45) is 1.99. The number of Topliss-reactive ketones (excluding diaryl/α,β-unsaturated/α-hetero) is 1. The maximum absolute atomic E-state index is 12.2. The molecule has 92 valence electrons. The lowest BCUT2D eigenvalue weighted by molar-refractivity contribution is 0.0992. The van der Waals surface area contributed by atoms with E-state index in [0.717, 1.165) is 16.8 Å². The van der Waals surface area contributed by atoms with Crippen molar-refractivity contribution in [3.63, 3.8) is 0 Å². The first-order valence-corrected chi connectivity index (χ1v) is 6.16. The van der Waals surface area contributed by atoms with Gasteiger partial charge in [0.1, 0.15) is 0 Å². The van der Waals surface area contributed by atoms with Crippen LogP contribution < -0.4 is 0 Å². The second-order valence-electron chi connectivity index (χ2n) is 4.30. The first kappa shape index (κ1) is 12.8. The van der Waals surface area contributed by atoms with Crippen LogP contribution in [0, 0.1) is 13.8 Å². The minimum atomic E-state index is 0.00509. The van der Waals surface area contributed by atoms with Gasteiger partial charge in [0.05, 0.1) is 17.1 Å². The first-order chi connectivity index (χ1) is 8.59. The summed E-state index contributed by atoms with van der Waals surface area (Å²) in [7, 11) is 0. The third-order valence-electron chi connectivity index (χ3n) is 2.94. The zero-order chi connectivity index (χ0) is 13.1. The molecule has 18 heavy (non-hydrogen) atoms. The van der Waals surface area contributed by atoms with Gasteiger partial charge in [-0.3, -0.25) is 9.78 Å². The Morgan fingerprint density at radius 3 is 2.61 bits per heavy atom. The fourth-order valence-corrected chi connectivity index (χ4v) is 2.04. The molecule has 0 amide bonds. The van der Waals surface area contributed by atoms with E-state index < -0.39 is 0 Å². The van der Waals surface area contributed by atoms with E-state index in [9.17, 15) is 4.79 Å². The molecule has 2 aromatic rings. The smallest absolute Gasteiger partial charge is 0.170 e. The zero-order valence-electron chi connectivity index (χ0n) is 10.4. The van der Waals surface area contributed by atoms with Crippen molar-refractivity contribution >= 4 is 17.4 Å². The number of pyridine rings is 1. The summed E-state index contributed by atoms with van der Waals surface area (Å²) in [5.41, 5.74) is 3.32. The topological polar surface area (TPSA) is 30.0 Å². The minimum absolute atomic E-state index is 0.00509. The lowest BCUT2D eigenvalue weighted by Gasteiger charge is -2.07. The first-order valence-electron chi connectivity index (χ1n) is 5.78. The number of halogens is 1. The van der Waals surface area contributed by atoms with Gasteiger partial charge in [0.15, 0.2) is 5.78 Å². The van der Waals surface area contributed by atoms with Gasteiger partial charge < -0.3 is 0 Å². The van der Waals surface area contributed by atoms with Crippen LogP contribution in [0.3, 0.4) is 0 Å². The van der Waals surface area contributed by atoms with E-state index in [1.165, 1.54) is 0 Å². The lowest BCUT2D eigenvalue weighted by Crippen LogP contribution is -2.07. The van der Waals surface area contributed by atoms with E-state index in [1.54, 1.807) is 12.3 Å². The number of carbonyl (C=O) groups is 1. The quantitative estimate of drug-likeness (QED) is 0.786. The van der Waals surface area contributed by atoms with Crippen LogP contribution >= 0.6 is 11.6 Å². The molecule has 0 unspecified atom stereocenters. The molecular weight excluding hydrogens is 246 g/mol. The Balaban J connectivity index is 2.28. The Morgan fingerprint density at radius 1 is 1.17 bits per heavy atom. The minimum Gasteiger partial charge on any atom is -0.294 e. The summed E-state index contributed by atoms with van der Waals surface area (Å²) in [6, 6.07) is 9.32. The molecule has 0 saturated carbocycles. The Morgan fingerprint density at radius 2 is 1.89 bits per heavy atom. The second kappa shape index (κ2) is 5.32. The Kier molecular flexibility index (Phi) is 3.78. The molecule has 0 atom stereocenters. The van der Waals surface area contributed by atoms with E-state index in [4.69, 9.17) is 11.6 Å². The third kappa shape index (κ3) is 2.59. The fourth-order valence-electron chi connectivity index (χ4n) is 1.81. The number of hydrogen-bond donors (Lipinski definition) is 0. The lowest BCUT2D eigenvalue weighted by atomic mass is 10.0. The van der Waals surface area contributed by atoms with E-state index in [2.05, 4.69) is 4.98 Å². The monoisotopic (exact) mass is 259 g/mol. The number of benzene rings is 1. The highest BCUT2D eigenvalue weighted by molar-refractivity contribution is 6.34. The van der Waals surface area contributed by atoms with Crippen molar-refractivity contribution in [1.29, 1.82) is 0 Å². The number of rotatable bonds is 3. The summed E-state index contributed by atoms with van der Waals surface area (Å²) >= 11 is 6.15. The summed E-state index contributed by atoms with van der Waals surface area (Å²) in [5, 5.41) is 0.538. The number of hydrogen-bond acceptors (Lipinski definition) is 2. The number of nitrogens with zero attached hydrogens (tertiary/aromatic N) is 1. The number of aromatic nitrogens is 1. The molecular formula is C15H14ClNO. The van der Waals surface area contributed by atoms with Crippen LogP contribution in [0.25, 0.3) is 0 Å². The number of aryl methyl sites for hydroxylation is 2. The zero-order valence-corrected chi connectivity index (χ0v) is 11.2. The molecule has 1 aromatic heterocycles. The molecule has 3 heteroatoms. The van der Waals surface area contributed by atoms with Crippen molar-refractivity contribution in [2.24, 2.45) is 0 Å². The molecule has 2 nitrogen and oxygen atoms in total. The van der Waals surface area contributed by atoms with Gasteiger partial charge in [-0.1, -0.05) is 29.8 Å². The van der Waals surface area contributed by atoms with E-state index in [-0.39, 0.29) is 12.2 Å². The largest absolute Gasteiger partial charge is 0.294 e. The predicted molar refractivity (Wildman–Crippen MR) is 73.2 cm³/mol. The molecule has 0 aliphatic heterocycles. The van der Waals surface area contributed by atoms with Gasteiger partial charge in [-0.25, -0.2) is 0 Å². The molecule has 0 radical (unpaired) electrons. The molecule has 0 bridgehead atoms. The van der Waals surface area contributed by atoms with E-state index in [0.29, 0.717) is 10.6 Å². The summed E-state index contributed by atoms with van der Waals surface area (Å²) < 4.78 is 0. The van der Waals surface area contributed by atoms with Crippen LogP contribution in [0.2, 0.25) is 5.02 Å². The van der Waals surface area contributed by atoms with Crippen molar-refractivity contribution in [2.45, 2.75) is 20.3 Å². The van der Waals surface area contributed by atoms with Gasteiger partial charge in [0.2, 0.25) is 0 Å².